The number of aryl methyl sites for hydroxylation is 1. The average molecular weight is 384 g/mol. The first-order valence-electron chi connectivity index (χ1n) is 9.59. The third-order valence-electron chi connectivity index (χ3n) is 4.82. The van der Waals surface area contributed by atoms with E-state index in [-0.39, 0.29) is 24.1 Å². The molecule has 1 N–H and O–H groups in total. The van der Waals surface area contributed by atoms with Crippen molar-refractivity contribution in [1.29, 1.82) is 0 Å². The zero-order valence-corrected chi connectivity index (χ0v) is 15.8. The Bertz CT molecular complexity index is 791. The fraction of sp³-hybridized carbons (Fsp3) is 0.364. The summed E-state index contributed by atoms with van der Waals surface area (Å²) in [6, 6.07) is 15.1. The van der Waals surface area contributed by atoms with Crippen LogP contribution in [0, 0.1) is 5.82 Å². The molecule has 1 aliphatic rings. The van der Waals surface area contributed by atoms with E-state index >= 15 is 0 Å². The van der Waals surface area contributed by atoms with Crippen molar-refractivity contribution >= 4 is 11.8 Å². The Morgan fingerprint density at radius 1 is 1.04 bits per heavy atom. The van der Waals surface area contributed by atoms with Gasteiger partial charge >= 0.3 is 0 Å². The summed E-state index contributed by atoms with van der Waals surface area (Å²) < 4.78 is 19.0. The number of hydrogen-bond acceptors (Lipinski definition) is 3. The summed E-state index contributed by atoms with van der Waals surface area (Å²) in [5.74, 6) is -0.601. The van der Waals surface area contributed by atoms with Gasteiger partial charge in [-0.25, -0.2) is 4.39 Å². The second-order valence-corrected chi connectivity index (χ2v) is 6.79. The molecule has 1 heterocycles. The van der Waals surface area contributed by atoms with E-state index < -0.39 is 6.04 Å². The van der Waals surface area contributed by atoms with Gasteiger partial charge in [0, 0.05) is 19.5 Å². The van der Waals surface area contributed by atoms with Crippen molar-refractivity contribution in [3.05, 3.63) is 71.5 Å². The van der Waals surface area contributed by atoms with E-state index in [4.69, 9.17) is 4.74 Å². The Morgan fingerprint density at radius 2 is 1.71 bits per heavy atom. The molecule has 28 heavy (non-hydrogen) atoms. The first-order valence-corrected chi connectivity index (χ1v) is 9.59. The van der Waals surface area contributed by atoms with Gasteiger partial charge in [0.1, 0.15) is 11.9 Å². The van der Waals surface area contributed by atoms with Gasteiger partial charge in [-0.2, -0.15) is 0 Å². The molecule has 148 valence electrons. The topological polar surface area (TPSA) is 58.6 Å². The van der Waals surface area contributed by atoms with Gasteiger partial charge in [0.25, 0.3) is 0 Å². The molecule has 2 aromatic rings. The number of carbonyl (C=O) groups excluding carboxylic acids is 2. The molecule has 2 amide bonds. The quantitative estimate of drug-likeness (QED) is 0.799. The highest BCUT2D eigenvalue weighted by atomic mass is 19.1. The number of nitrogens with one attached hydrogen (secondary N) is 1. The predicted octanol–water partition coefficient (Wildman–Crippen LogP) is 2.86. The first-order chi connectivity index (χ1) is 13.6. The molecule has 0 radical (unpaired) electrons. The molecule has 5 nitrogen and oxygen atoms in total. The summed E-state index contributed by atoms with van der Waals surface area (Å²) >= 11 is 0. The van der Waals surface area contributed by atoms with Gasteiger partial charge < -0.3 is 15.0 Å². The van der Waals surface area contributed by atoms with Crippen LogP contribution in [0.1, 0.15) is 30.0 Å². The van der Waals surface area contributed by atoms with Crippen molar-refractivity contribution in [3.8, 4) is 0 Å². The minimum Gasteiger partial charge on any atom is -0.378 e. The largest absolute Gasteiger partial charge is 0.378 e. The van der Waals surface area contributed by atoms with Gasteiger partial charge in [0.15, 0.2) is 0 Å². The number of benzene rings is 2. The molecule has 6 heteroatoms. The van der Waals surface area contributed by atoms with Gasteiger partial charge in [-0.3, -0.25) is 9.59 Å². The van der Waals surface area contributed by atoms with Crippen molar-refractivity contribution in [2.75, 3.05) is 26.3 Å². The highest BCUT2D eigenvalue weighted by Crippen LogP contribution is 2.18. The molecule has 2 aromatic carbocycles. The van der Waals surface area contributed by atoms with Crippen molar-refractivity contribution in [2.45, 2.75) is 25.3 Å². The zero-order chi connectivity index (χ0) is 19.8. The number of amides is 2. The van der Waals surface area contributed by atoms with E-state index in [9.17, 15) is 14.0 Å². The molecule has 0 aromatic heterocycles. The van der Waals surface area contributed by atoms with Crippen molar-refractivity contribution in [1.82, 2.24) is 10.2 Å². The molecule has 1 saturated heterocycles. The van der Waals surface area contributed by atoms with Crippen molar-refractivity contribution in [2.24, 2.45) is 0 Å². The molecule has 0 aliphatic carbocycles. The lowest BCUT2D eigenvalue weighted by Gasteiger charge is -2.31. The van der Waals surface area contributed by atoms with E-state index in [1.54, 1.807) is 23.1 Å². The molecule has 1 unspecified atom stereocenters. The minimum atomic E-state index is -0.722. The van der Waals surface area contributed by atoms with E-state index in [1.165, 1.54) is 6.07 Å². The maximum Gasteiger partial charge on any atom is 0.249 e. The molecule has 0 spiro atoms. The summed E-state index contributed by atoms with van der Waals surface area (Å²) in [6.07, 6.45) is 1.22. The van der Waals surface area contributed by atoms with Gasteiger partial charge in [-0.05, 0) is 30.0 Å². The molecular weight excluding hydrogens is 359 g/mol. The van der Waals surface area contributed by atoms with E-state index in [0.29, 0.717) is 44.7 Å². The fourth-order valence-electron chi connectivity index (χ4n) is 3.27. The van der Waals surface area contributed by atoms with Gasteiger partial charge in [-0.1, -0.05) is 48.5 Å². The van der Waals surface area contributed by atoms with Gasteiger partial charge in [0.2, 0.25) is 11.8 Å². The highest BCUT2D eigenvalue weighted by Gasteiger charge is 2.28. The van der Waals surface area contributed by atoms with Crippen LogP contribution in [0.4, 0.5) is 4.39 Å². The summed E-state index contributed by atoms with van der Waals surface area (Å²) in [7, 11) is 0. The van der Waals surface area contributed by atoms with Crippen LogP contribution in [-0.2, 0) is 20.7 Å². The summed E-state index contributed by atoms with van der Waals surface area (Å²) in [5.41, 5.74) is 1.35. The van der Waals surface area contributed by atoms with E-state index in [2.05, 4.69) is 5.32 Å². The van der Waals surface area contributed by atoms with Gasteiger partial charge in [-0.15, -0.1) is 0 Å². The van der Waals surface area contributed by atoms with Crippen molar-refractivity contribution < 1.29 is 18.7 Å². The predicted molar refractivity (Wildman–Crippen MR) is 104 cm³/mol. The third-order valence-corrected chi connectivity index (χ3v) is 4.82. The molecule has 0 saturated carbocycles. The van der Waals surface area contributed by atoms with Crippen LogP contribution in [-0.4, -0.2) is 43.0 Å². The Kier molecular flexibility index (Phi) is 7.14. The summed E-state index contributed by atoms with van der Waals surface area (Å²) in [4.78, 5) is 27.2. The molecule has 1 aliphatic heterocycles. The average Bonchev–Trinajstić information content (AvgIpc) is 2.74. The number of rotatable bonds is 7. The minimum absolute atomic E-state index is 0.128. The summed E-state index contributed by atoms with van der Waals surface area (Å²) in [5, 5.41) is 2.87. The van der Waals surface area contributed by atoms with Crippen LogP contribution < -0.4 is 5.32 Å². The Balaban J connectivity index is 1.61. The summed E-state index contributed by atoms with van der Waals surface area (Å²) in [6.45, 7) is 2.05. The molecular formula is C22H25FN2O3. The number of ether oxygens (including phenoxy) is 1. The molecule has 1 fully saturated rings. The number of morpholine rings is 1. The standard InChI is InChI=1S/C22H25FN2O3/c23-19-11-5-4-7-17(19)10-6-12-20(26)24-21(18-8-2-1-3-9-18)22(27)25-13-15-28-16-14-25/h1-5,7-9,11,21H,6,10,12-16H2,(H,24,26). The van der Waals surface area contributed by atoms with Crippen LogP contribution in [0.25, 0.3) is 0 Å². The number of carbonyl (C=O) groups is 2. The second kappa shape index (κ2) is 9.99. The maximum absolute atomic E-state index is 13.7. The number of halogens is 1. The lowest BCUT2D eigenvalue weighted by atomic mass is 10.0. The lowest BCUT2D eigenvalue weighted by Crippen LogP contribution is -2.47. The lowest BCUT2D eigenvalue weighted by molar-refractivity contribution is -0.140. The van der Waals surface area contributed by atoms with Crippen molar-refractivity contribution in [3.63, 3.8) is 0 Å². The molecule has 1 atom stereocenters. The molecule has 0 bridgehead atoms. The van der Waals surface area contributed by atoms with Crippen LogP contribution in [0.5, 0.6) is 0 Å². The van der Waals surface area contributed by atoms with Crippen LogP contribution in [0.15, 0.2) is 54.6 Å². The van der Waals surface area contributed by atoms with Gasteiger partial charge in [0.05, 0.1) is 13.2 Å². The zero-order valence-electron chi connectivity index (χ0n) is 15.8. The number of nitrogens with zero attached hydrogens (tertiary/aromatic N) is 1. The molecule has 3 rings (SSSR count). The SMILES string of the molecule is O=C(CCCc1ccccc1F)NC(C(=O)N1CCOCC1)c1ccccc1. The number of hydrogen-bond donors (Lipinski definition) is 1. The normalized spacial score (nSPS) is 15.1. The highest BCUT2D eigenvalue weighted by molar-refractivity contribution is 5.88. The van der Waals surface area contributed by atoms with E-state index in [1.807, 2.05) is 30.3 Å². The Labute approximate surface area is 164 Å². The monoisotopic (exact) mass is 384 g/mol. The first kappa shape index (κ1) is 20.0. The maximum atomic E-state index is 13.7. The van der Waals surface area contributed by atoms with Crippen LogP contribution >= 0.6 is 0 Å². The van der Waals surface area contributed by atoms with Crippen LogP contribution in [0.2, 0.25) is 0 Å². The fourth-order valence-corrected chi connectivity index (χ4v) is 3.27. The smallest absolute Gasteiger partial charge is 0.249 e. The third kappa shape index (κ3) is 5.39. The Morgan fingerprint density at radius 3 is 2.43 bits per heavy atom. The Hall–Kier alpha value is -2.73. The van der Waals surface area contributed by atoms with Crippen LogP contribution in [0.3, 0.4) is 0 Å². The second-order valence-electron chi connectivity index (χ2n) is 6.79. The van der Waals surface area contributed by atoms with E-state index in [0.717, 1.165) is 5.56 Å².